The normalized spacial score (nSPS) is 30.9. The van der Waals surface area contributed by atoms with Crippen molar-refractivity contribution < 1.29 is 24.2 Å². The topological polar surface area (TPSA) is 72.8 Å². The standard InChI is InChI=1S/C9H14O5S/c1-5(10)13-6-3-7(9(11)12)14-8(4-6)15-2/h6-8H,3-4H2,1-2H3,(H,11,12). The third-order valence-electron chi connectivity index (χ3n) is 2.12. The van der Waals surface area contributed by atoms with Crippen molar-refractivity contribution in [1.82, 2.24) is 0 Å². The van der Waals surface area contributed by atoms with Gasteiger partial charge in [0.15, 0.2) is 6.10 Å². The molecule has 1 aliphatic heterocycles. The second kappa shape index (κ2) is 5.37. The molecular weight excluding hydrogens is 220 g/mol. The van der Waals surface area contributed by atoms with Crippen LogP contribution in [-0.4, -0.2) is 40.9 Å². The number of aliphatic carboxylic acids is 1. The molecule has 1 saturated heterocycles. The zero-order chi connectivity index (χ0) is 11.4. The van der Waals surface area contributed by atoms with Crippen LogP contribution in [0.15, 0.2) is 0 Å². The monoisotopic (exact) mass is 234 g/mol. The van der Waals surface area contributed by atoms with E-state index in [0.717, 1.165) is 0 Å². The Balaban J connectivity index is 2.58. The highest BCUT2D eigenvalue weighted by atomic mass is 32.2. The first-order chi connectivity index (χ1) is 7.02. The van der Waals surface area contributed by atoms with Gasteiger partial charge in [-0.05, 0) is 6.26 Å². The number of carboxylic acid groups (broad SMARTS) is 1. The fourth-order valence-corrected chi connectivity index (χ4v) is 2.14. The fourth-order valence-electron chi connectivity index (χ4n) is 1.49. The van der Waals surface area contributed by atoms with Gasteiger partial charge in [-0.15, -0.1) is 11.8 Å². The number of hydrogen-bond donors (Lipinski definition) is 1. The Morgan fingerprint density at radius 1 is 1.47 bits per heavy atom. The van der Waals surface area contributed by atoms with E-state index in [9.17, 15) is 9.59 Å². The van der Waals surface area contributed by atoms with Crippen molar-refractivity contribution in [2.75, 3.05) is 6.26 Å². The molecule has 1 rings (SSSR count). The molecule has 0 aliphatic carbocycles. The van der Waals surface area contributed by atoms with Crippen LogP contribution in [-0.2, 0) is 19.1 Å². The minimum atomic E-state index is -1.01. The third kappa shape index (κ3) is 3.71. The summed E-state index contributed by atoms with van der Waals surface area (Å²) in [5.74, 6) is -1.39. The van der Waals surface area contributed by atoms with Crippen LogP contribution in [0.2, 0.25) is 0 Å². The van der Waals surface area contributed by atoms with Gasteiger partial charge in [0, 0.05) is 19.8 Å². The number of carbonyl (C=O) groups excluding carboxylic acids is 1. The van der Waals surface area contributed by atoms with Crippen LogP contribution in [0.25, 0.3) is 0 Å². The zero-order valence-electron chi connectivity index (χ0n) is 8.63. The lowest BCUT2D eigenvalue weighted by Gasteiger charge is -2.31. The molecule has 0 spiro atoms. The third-order valence-corrected chi connectivity index (χ3v) is 2.95. The largest absolute Gasteiger partial charge is 0.479 e. The molecule has 1 aliphatic rings. The first kappa shape index (κ1) is 12.3. The van der Waals surface area contributed by atoms with Crippen molar-refractivity contribution in [3.05, 3.63) is 0 Å². The Morgan fingerprint density at radius 3 is 2.60 bits per heavy atom. The Hall–Kier alpha value is -0.750. The molecule has 86 valence electrons. The summed E-state index contributed by atoms with van der Waals surface area (Å²) in [5.41, 5.74) is -0.218. The van der Waals surface area contributed by atoms with E-state index in [0.29, 0.717) is 6.42 Å². The number of esters is 1. The van der Waals surface area contributed by atoms with Crippen LogP contribution < -0.4 is 0 Å². The van der Waals surface area contributed by atoms with Crippen molar-refractivity contribution in [1.29, 1.82) is 0 Å². The molecule has 3 atom stereocenters. The molecule has 1 N–H and O–H groups in total. The molecule has 0 aromatic heterocycles. The van der Waals surface area contributed by atoms with E-state index in [4.69, 9.17) is 14.6 Å². The Bertz CT molecular complexity index is 255. The molecule has 0 bridgehead atoms. The highest BCUT2D eigenvalue weighted by Gasteiger charge is 2.34. The fraction of sp³-hybridized carbons (Fsp3) is 0.778. The highest BCUT2D eigenvalue weighted by molar-refractivity contribution is 7.99. The number of thioether (sulfide) groups is 1. The van der Waals surface area contributed by atoms with Crippen LogP contribution in [0.3, 0.4) is 0 Å². The molecule has 0 radical (unpaired) electrons. The lowest BCUT2D eigenvalue weighted by molar-refractivity contribution is -0.168. The van der Waals surface area contributed by atoms with E-state index in [1.54, 1.807) is 0 Å². The summed E-state index contributed by atoms with van der Waals surface area (Å²) < 4.78 is 10.3. The summed E-state index contributed by atoms with van der Waals surface area (Å²) >= 11 is 1.42. The van der Waals surface area contributed by atoms with Gasteiger partial charge in [0.1, 0.15) is 11.5 Å². The molecule has 0 aromatic carbocycles. The molecule has 3 unspecified atom stereocenters. The second-order valence-corrected chi connectivity index (χ2v) is 4.33. The molecule has 5 nitrogen and oxygen atoms in total. The van der Waals surface area contributed by atoms with Gasteiger partial charge in [0.2, 0.25) is 0 Å². The molecule has 0 amide bonds. The van der Waals surface area contributed by atoms with E-state index in [1.165, 1.54) is 18.7 Å². The lowest BCUT2D eigenvalue weighted by Crippen LogP contribution is -2.40. The summed E-state index contributed by atoms with van der Waals surface area (Å²) in [4.78, 5) is 21.5. The lowest BCUT2D eigenvalue weighted by atomic mass is 10.1. The SMILES string of the molecule is CSC1CC(OC(C)=O)CC(C(=O)O)O1. The van der Waals surface area contributed by atoms with Crippen LogP contribution in [0.4, 0.5) is 0 Å². The summed E-state index contributed by atoms with van der Waals surface area (Å²) in [7, 11) is 0. The Kier molecular flexibility index (Phi) is 4.41. The molecule has 1 heterocycles. The van der Waals surface area contributed by atoms with Crippen LogP contribution in [0.5, 0.6) is 0 Å². The quantitative estimate of drug-likeness (QED) is 0.730. The summed E-state index contributed by atoms with van der Waals surface area (Å²) in [5, 5.41) is 8.83. The van der Waals surface area contributed by atoms with Gasteiger partial charge in [-0.1, -0.05) is 0 Å². The van der Waals surface area contributed by atoms with Crippen molar-refractivity contribution in [2.45, 2.75) is 37.4 Å². The van der Waals surface area contributed by atoms with Crippen molar-refractivity contribution in [3.8, 4) is 0 Å². The zero-order valence-corrected chi connectivity index (χ0v) is 9.45. The number of carboxylic acids is 1. The van der Waals surface area contributed by atoms with Gasteiger partial charge >= 0.3 is 11.9 Å². The second-order valence-electron chi connectivity index (χ2n) is 3.33. The van der Waals surface area contributed by atoms with Gasteiger partial charge in [-0.3, -0.25) is 4.79 Å². The number of carbonyl (C=O) groups is 2. The van der Waals surface area contributed by atoms with Gasteiger partial charge in [0.05, 0.1) is 0 Å². The average Bonchev–Trinajstić information content (AvgIpc) is 2.16. The van der Waals surface area contributed by atoms with Crippen molar-refractivity contribution in [3.63, 3.8) is 0 Å². The minimum absolute atomic E-state index is 0.218. The Morgan fingerprint density at radius 2 is 2.13 bits per heavy atom. The van der Waals surface area contributed by atoms with Crippen molar-refractivity contribution in [2.24, 2.45) is 0 Å². The van der Waals surface area contributed by atoms with Crippen LogP contribution >= 0.6 is 11.8 Å². The number of hydrogen-bond acceptors (Lipinski definition) is 5. The maximum atomic E-state index is 10.8. The molecule has 0 saturated carbocycles. The van der Waals surface area contributed by atoms with Gasteiger partial charge in [0.25, 0.3) is 0 Å². The summed E-state index contributed by atoms with van der Waals surface area (Å²) in [6.45, 7) is 1.32. The van der Waals surface area contributed by atoms with Gasteiger partial charge in [-0.2, -0.15) is 0 Å². The predicted octanol–water partition coefficient (Wildman–Crippen LogP) is 0.871. The smallest absolute Gasteiger partial charge is 0.333 e. The van der Waals surface area contributed by atoms with Gasteiger partial charge in [-0.25, -0.2) is 4.79 Å². The van der Waals surface area contributed by atoms with Gasteiger partial charge < -0.3 is 14.6 Å². The van der Waals surface area contributed by atoms with Crippen molar-refractivity contribution >= 4 is 23.7 Å². The van der Waals surface area contributed by atoms with E-state index >= 15 is 0 Å². The molecule has 15 heavy (non-hydrogen) atoms. The molecule has 6 heteroatoms. The Labute approximate surface area is 92.1 Å². The molecule has 0 aromatic rings. The van der Waals surface area contributed by atoms with E-state index in [-0.39, 0.29) is 23.9 Å². The number of ether oxygens (including phenoxy) is 2. The summed E-state index contributed by atoms with van der Waals surface area (Å²) in [6, 6.07) is 0. The van der Waals surface area contributed by atoms with Crippen LogP contribution in [0, 0.1) is 0 Å². The number of rotatable bonds is 3. The maximum absolute atomic E-state index is 10.8. The maximum Gasteiger partial charge on any atom is 0.333 e. The van der Waals surface area contributed by atoms with E-state index < -0.39 is 12.1 Å². The van der Waals surface area contributed by atoms with E-state index in [1.807, 2.05) is 6.26 Å². The molecule has 1 fully saturated rings. The minimum Gasteiger partial charge on any atom is -0.479 e. The summed E-state index contributed by atoms with van der Waals surface area (Å²) in [6.07, 6.45) is 1.38. The van der Waals surface area contributed by atoms with E-state index in [2.05, 4.69) is 0 Å². The first-order valence-electron chi connectivity index (χ1n) is 4.61. The average molecular weight is 234 g/mol. The molecular formula is C9H14O5S. The predicted molar refractivity (Wildman–Crippen MR) is 54.6 cm³/mol. The van der Waals surface area contributed by atoms with Crippen LogP contribution in [0.1, 0.15) is 19.8 Å². The first-order valence-corrected chi connectivity index (χ1v) is 5.90. The highest BCUT2D eigenvalue weighted by Crippen LogP contribution is 2.27.